The second-order valence-electron chi connectivity index (χ2n) is 4.37. The van der Waals surface area contributed by atoms with Crippen molar-refractivity contribution in [3.8, 4) is 0 Å². The molecule has 0 bridgehead atoms. The van der Waals surface area contributed by atoms with Crippen LogP contribution in [-0.4, -0.2) is 15.6 Å². The van der Waals surface area contributed by atoms with E-state index < -0.39 is 17.9 Å². The Morgan fingerprint density at radius 1 is 1.41 bits per heavy atom. The van der Waals surface area contributed by atoms with Gasteiger partial charge in [-0.15, -0.1) is 0 Å². The second-order valence-corrected chi connectivity index (χ2v) is 4.37. The summed E-state index contributed by atoms with van der Waals surface area (Å²) in [5.74, 6) is -1.47. The molecular weight excluding hydrogens is 216 g/mol. The van der Waals surface area contributed by atoms with E-state index in [0.717, 1.165) is 16.5 Å². The fourth-order valence-corrected chi connectivity index (χ4v) is 2.06. The molecule has 4 heteroatoms. The number of para-hydroxylation sites is 1. The number of rotatable bonds is 3. The van der Waals surface area contributed by atoms with Gasteiger partial charge in [0.1, 0.15) is 0 Å². The minimum atomic E-state index is -0.870. The first-order chi connectivity index (χ1) is 8.02. The summed E-state index contributed by atoms with van der Waals surface area (Å²) in [5.41, 5.74) is 7.98. The van der Waals surface area contributed by atoms with E-state index in [2.05, 4.69) is 0 Å². The van der Waals surface area contributed by atoms with Crippen molar-refractivity contribution in [2.45, 2.75) is 13.0 Å². The maximum absolute atomic E-state index is 11.0. The zero-order chi connectivity index (χ0) is 12.6. The van der Waals surface area contributed by atoms with Gasteiger partial charge in [-0.1, -0.05) is 25.1 Å². The predicted octanol–water partition coefficient (Wildman–Crippen LogP) is 1.90. The highest BCUT2D eigenvalue weighted by molar-refractivity contribution is 5.85. The van der Waals surface area contributed by atoms with Crippen LogP contribution in [0.25, 0.3) is 10.9 Å². The maximum atomic E-state index is 11.0. The van der Waals surface area contributed by atoms with Gasteiger partial charge in [-0.3, -0.25) is 4.79 Å². The molecule has 0 aliphatic carbocycles. The van der Waals surface area contributed by atoms with E-state index >= 15 is 0 Å². The first-order valence-electron chi connectivity index (χ1n) is 5.54. The second kappa shape index (κ2) is 4.22. The molecule has 17 heavy (non-hydrogen) atoms. The summed E-state index contributed by atoms with van der Waals surface area (Å²) in [6.45, 7) is 1.63. The lowest BCUT2D eigenvalue weighted by atomic mass is 9.95. The number of benzene rings is 1. The normalized spacial score (nSPS) is 14.8. The fraction of sp³-hybridized carbons (Fsp3) is 0.308. The molecular formula is C13H16N2O2. The molecule has 2 unspecified atom stereocenters. The third-order valence-electron chi connectivity index (χ3n) is 3.22. The van der Waals surface area contributed by atoms with Crippen LogP contribution in [0.4, 0.5) is 0 Å². The Kier molecular flexibility index (Phi) is 2.90. The number of carbonyl (C=O) groups is 1. The van der Waals surface area contributed by atoms with Gasteiger partial charge in [0, 0.05) is 30.2 Å². The van der Waals surface area contributed by atoms with E-state index in [9.17, 15) is 4.79 Å². The molecule has 2 aromatic rings. The Labute approximate surface area is 99.7 Å². The Balaban J connectivity index is 2.52. The zero-order valence-corrected chi connectivity index (χ0v) is 9.92. The van der Waals surface area contributed by atoms with Crippen LogP contribution < -0.4 is 5.73 Å². The summed E-state index contributed by atoms with van der Waals surface area (Å²) < 4.78 is 1.97. The van der Waals surface area contributed by atoms with Gasteiger partial charge in [-0.25, -0.2) is 0 Å². The Morgan fingerprint density at radius 2 is 2.06 bits per heavy atom. The summed E-state index contributed by atoms with van der Waals surface area (Å²) in [4.78, 5) is 11.0. The lowest BCUT2D eigenvalue weighted by molar-refractivity contribution is -0.141. The number of carboxylic acid groups (broad SMARTS) is 1. The standard InChI is InChI=1S/C13H16N2O2/c1-8(13(16)17)12(14)10-7-15(2)11-6-4-3-5-9(10)11/h3-8,12H,14H2,1-2H3,(H,16,17). The molecule has 90 valence electrons. The highest BCUT2D eigenvalue weighted by atomic mass is 16.4. The lowest BCUT2D eigenvalue weighted by Crippen LogP contribution is -2.25. The number of aryl methyl sites for hydroxylation is 1. The fourth-order valence-electron chi connectivity index (χ4n) is 2.06. The summed E-state index contributed by atoms with van der Waals surface area (Å²) in [6.07, 6.45) is 1.91. The van der Waals surface area contributed by atoms with E-state index in [1.807, 2.05) is 42.1 Å². The van der Waals surface area contributed by atoms with Crippen molar-refractivity contribution in [1.29, 1.82) is 0 Å². The molecule has 2 rings (SSSR count). The number of hydrogen-bond acceptors (Lipinski definition) is 2. The van der Waals surface area contributed by atoms with E-state index in [0.29, 0.717) is 0 Å². The molecule has 0 saturated heterocycles. The first kappa shape index (κ1) is 11.7. The van der Waals surface area contributed by atoms with Gasteiger partial charge in [0.2, 0.25) is 0 Å². The van der Waals surface area contributed by atoms with Crippen LogP contribution in [-0.2, 0) is 11.8 Å². The molecule has 0 aliphatic rings. The highest BCUT2D eigenvalue weighted by Crippen LogP contribution is 2.28. The smallest absolute Gasteiger partial charge is 0.308 e. The molecule has 3 N–H and O–H groups in total. The highest BCUT2D eigenvalue weighted by Gasteiger charge is 2.24. The van der Waals surface area contributed by atoms with Crippen molar-refractivity contribution in [3.05, 3.63) is 36.0 Å². The number of aliphatic carboxylic acids is 1. The number of nitrogens with zero attached hydrogens (tertiary/aromatic N) is 1. The van der Waals surface area contributed by atoms with Gasteiger partial charge in [-0.05, 0) is 11.6 Å². The van der Waals surface area contributed by atoms with Gasteiger partial charge in [-0.2, -0.15) is 0 Å². The molecule has 0 spiro atoms. The third-order valence-corrected chi connectivity index (χ3v) is 3.22. The molecule has 1 heterocycles. The third kappa shape index (κ3) is 1.91. The van der Waals surface area contributed by atoms with Crippen LogP contribution in [0.3, 0.4) is 0 Å². The average molecular weight is 232 g/mol. The van der Waals surface area contributed by atoms with Crippen LogP contribution in [0, 0.1) is 5.92 Å². The SMILES string of the molecule is CC(C(=O)O)C(N)c1cn(C)c2ccccc12. The molecule has 0 fully saturated rings. The minimum absolute atomic E-state index is 0.487. The largest absolute Gasteiger partial charge is 0.481 e. The zero-order valence-electron chi connectivity index (χ0n) is 9.92. The summed E-state index contributed by atoms with van der Waals surface area (Å²) in [7, 11) is 1.93. The van der Waals surface area contributed by atoms with Crippen LogP contribution in [0.5, 0.6) is 0 Å². The number of aromatic nitrogens is 1. The van der Waals surface area contributed by atoms with Gasteiger partial charge in [0.15, 0.2) is 0 Å². The van der Waals surface area contributed by atoms with E-state index in [1.54, 1.807) is 6.92 Å². The van der Waals surface area contributed by atoms with Crippen molar-refractivity contribution in [1.82, 2.24) is 4.57 Å². The van der Waals surface area contributed by atoms with Gasteiger partial charge in [0.25, 0.3) is 0 Å². The predicted molar refractivity (Wildman–Crippen MR) is 66.6 cm³/mol. The lowest BCUT2D eigenvalue weighted by Gasteiger charge is -2.15. The van der Waals surface area contributed by atoms with E-state index in [1.165, 1.54) is 0 Å². The first-order valence-corrected chi connectivity index (χ1v) is 5.54. The van der Waals surface area contributed by atoms with Crippen molar-refractivity contribution in [2.75, 3.05) is 0 Å². The Morgan fingerprint density at radius 3 is 2.71 bits per heavy atom. The molecule has 0 amide bonds. The summed E-state index contributed by atoms with van der Waals surface area (Å²) >= 11 is 0. The maximum Gasteiger partial charge on any atom is 0.308 e. The molecule has 2 atom stereocenters. The Bertz CT molecular complexity index is 560. The van der Waals surface area contributed by atoms with E-state index in [4.69, 9.17) is 10.8 Å². The number of carboxylic acids is 1. The van der Waals surface area contributed by atoms with Crippen LogP contribution in [0.2, 0.25) is 0 Å². The molecule has 0 radical (unpaired) electrons. The average Bonchev–Trinajstić information content (AvgIpc) is 2.65. The summed E-state index contributed by atoms with van der Waals surface area (Å²) in [5, 5.41) is 10.0. The van der Waals surface area contributed by atoms with Gasteiger partial charge < -0.3 is 15.4 Å². The summed E-state index contributed by atoms with van der Waals surface area (Å²) in [6, 6.07) is 7.37. The molecule has 1 aromatic heterocycles. The van der Waals surface area contributed by atoms with Crippen LogP contribution >= 0.6 is 0 Å². The molecule has 1 aromatic carbocycles. The molecule has 4 nitrogen and oxygen atoms in total. The quantitative estimate of drug-likeness (QED) is 0.849. The number of nitrogens with two attached hydrogens (primary N) is 1. The van der Waals surface area contributed by atoms with Crippen LogP contribution in [0.15, 0.2) is 30.5 Å². The monoisotopic (exact) mass is 232 g/mol. The van der Waals surface area contributed by atoms with Gasteiger partial charge in [0.05, 0.1) is 5.92 Å². The van der Waals surface area contributed by atoms with Crippen molar-refractivity contribution in [2.24, 2.45) is 18.7 Å². The molecule has 0 saturated carbocycles. The van der Waals surface area contributed by atoms with Crippen molar-refractivity contribution >= 4 is 16.9 Å². The van der Waals surface area contributed by atoms with Crippen molar-refractivity contribution in [3.63, 3.8) is 0 Å². The number of hydrogen-bond donors (Lipinski definition) is 2. The van der Waals surface area contributed by atoms with Gasteiger partial charge >= 0.3 is 5.97 Å². The molecule has 0 aliphatic heterocycles. The van der Waals surface area contributed by atoms with Crippen molar-refractivity contribution < 1.29 is 9.90 Å². The van der Waals surface area contributed by atoms with Crippen LogP contribution in [0.1, 0.15) is 18.5 Å². The number of fused-ring (bicyclic) bond motifs is 1. The minimum Gasteiger partial charge on any atom is -0.481 e. The van der Waals surface area contributed by atoms with E-state index in [-0.39, 0.29) is 0 Å². The Hall–Kier alpha value is -1.81. The topological polar surface area (TPSA) is 68.2 Å².